The molecular formula is C28H40N4O4. The summed E-state index contributed by atoms with van der Waals surface area (Å²) < 4.78 is 0. The first-order valence-electron chi connectivity index (χ1n) is 13.5. The lowest BCUT2D eigenvalue weighted by Crippen LogP contribution is -2.63. The number of benzene rings is 1. The number of hydrogen-bond acceptors (Lipinski definition) is 4. The monoisotopic (exact) mass is 496 g/mol. The molecule has 4 amide bonds. The number of fused-ring (bicyclic) bond motifs is 4. The largest absolute Gasteiger partial charge is 0.344 e. The van der Waals surface area contributed by atoms with Gasteiger partial charge in [-0.3, -0.25) is 19.2 Å². The average molecular weight is 497 g/mol. The van der Waals surface area contributed by atoms with Crippen LogP contribution in [-0.2, 0) is 25.6 Å². The van der Waals surface area contributed by atoms with Crippen molar-refractivity contribution in [1.29, 1.82) is 0 Å². The van der Waals surface area contributed by atoms with Crippen LogP contribution in [0.15, 0.2) is 30.3 Å². The van der Waals surface area contributed by atoms with E-state index in [1.807, 2.05) is 54.0 Å². The molecule has 3 fully saturated rings. The first-order valence-corrected chi connectivity index (χ1v) is 13.5. The predicted molar refractivity (Wildman–Crippen MR) is 137 cm³/mol. The van der Waals surface area contributed by atoms with E-state index in [1.54, 1.807) is 6.92 Å². The zero-order chi connectivity index (χ0) is 25.8. The van der Waals surface area contributed by atoms with E-state index in [0.29, 0.717) is 45.3 Å². The van der Waals surface area contributed by atoms with Crippen LogP contribution in [0.4, 0.5) is 0 Å². The molecule has 0 unspecified atom stereocenters. The molecule has 36 heavy (non-hydrogen) atoms. The van der Waals surface area contributed by atoms with E-state index in [4.69, 9.17) is 0 Å². The fourth-order valence-electron chi connectivity index (χ4n) is 6.10. The first-order chi connectivity index (χ1) is 17.2. The van der Waals surface area contributed by atoms with Gasteiger partial charge in [0.2, 0.25) is 23.6 Å². The van der Waals surface area contributed by atoms with Crippen LogP contribution >= 0.6 is 0 Å². The molecule has 4 rings (SSSR count). The molecule has 2 bridgehead atoms. The van der Waals surface area contributed by atoms with Gasteiger partial charge in [0.1, 0.15) is 12.1 Å². The number of hydrogen-bond donors (Lipinski definition) is 2. The van der Waals surface area contributed by atoms with Crippen molar-refractivity contribution in [2.24, 2.45) is 17.8 Å². The Morgan fingerprint density at radius 3 is 2.53 bits per heavy atom. The maximum atomic E-state index is 13.6. The van der Waals surface area contributed by atoms with Gasteiger partial charge in [-0.05, 0) is 56.4 Å². The van der Waals surface area contributed by atoms with E-state index in [1.165, 1.54) is 0 Å². The summed E-state index contributed by atoms with van der Waals surface area (Å²) in [5.74, 6) is 0.0266. The van der Waals surface area contributed by atoms with Gasteiger partial charge in [0.05, 0.1) is 0 Å². The number of nitrogens with zero attached hydrogens (tertiary/aromatic N) is 2. The number of carbonyl (C=O) groups is 4. The van der Waals surface area contributed by atoms with Crippen molar-refractivity contribution in [2.45, 2.75) is 77.4 Å². The topological polar surface area (TPSA) is 98.8 Å². The minimum Gasteiger partial charge on any atom is -0.344 e. The average Bonchev–Trinajstić information content (AvgIpc) is 2.86. The quantitative estimate of drug-likeness (QED) is 0.667. The summed E-state index contributed by atoms with van der Waals surface area (Å²) >= 11 is 0. The number of likely N-dealkylation sites (tertiary alicyclic amines) is 1. The molecule has 1 aromatic carbocycles. The Morgan fingerprint density at radius 1 is 1.06 bits per heavy atom. The van der Waals surface area contributed by atoms with E-state index in [0.717, 1.165) is 18.4 Å². The van der Waals surface area contributed by atoms with Gasteiger partial charge in [-0.1, -0.05) is 44.2 Å². The maximum absolute atomic E-state index is 13.6. The van der Waals surface area contributed by atoms with E-state index < -0.39 is 12.1 Å². The van der Waals surface area contributed by atoms with Crippen molar-refractivity contribution in [3.05, 3.63) is 35.9 Å². The van der Waals surface area contributed by atoms with Crippen molar-refractivity contribution in [1.82, 2.24) is 20.4 Å². The summed E-state index contributed by atoms with van der Waals surface area (Å²) in [5.41, 5.74) is 1.10. The van der Waals surface area contributed by atoms with Gasteiger partial charge in [-0.2, -0.15) is 0 Å². The lowest BCUT2D eigenvalue weighted by molar-refractivity contribution is -0.149. The van der Waals surface area contributed by atoms with Crippen LogP contribution in [0.3, 0.4) is 0 Å². The maximum Gasteiger partial charge on any atom is 0.245 e. The fraction of sp³-hybridized carbons (Fsp3) is 0.643. The second-order valence-corrected chi connectivity index (χ2v) is 11.1. The molecule has 3 aliphatic heterocycles. The molecule has 1 aromatic rings. The number of nitrogens with one attached hydrogen (secondary N) is 2. The SMILES string of the molecule is CC(C)C(=O)N1C[C@@H]2C[C@H](C1)[C@@H]1CCCC(=O)N[C@@H](CCc3ccccc3)C(=O)N[C@H](C)C(=O)N1C2. The zero-order valence-corrected chi connectivity index (χ0v) is 21.7. The third-order valence-electron chi connectivity index (χ3n) is 7.91. The van der Waals surface area contributed by atoms with Crippen molar-refractivity contribution in [3.8, 4) is 0 Å². The molecular weight excluding hydrogens is 456 g/mol. The Kier molecular flexibility index (Phi) is 8.32. The summed E-state index contributed by atoms with van der Waals surface area (Å²) in [7, 11) is 0. The summed E-state index contributed by atoms with van der Waals surface area (Å²) in [6.45, 7) is 7.50. The van der Waals surface area contributed by atoms with Gasteiger partial charge in [0.15, 0.2) is 0 Å². The molecule has 3 heterocycles. The molecule has 8 heteroatoms. The Balaban J connectivity index is 1.48. The third kappa shape index (κ3) is 6.08. The van der Waals surface area contributed by atoms with Gasteiger partial charge < -0.3 is 20.4 Å². The molecule has 3 aliphatic rings. The zero-order valence-electron chi connectivity index (χ0n) is 21.7. The lowest BCUT2D eigenvalue weighted by Gasteiger charge is -2.51. The molecule has 2 N–H and O–H groups in total. The lowest BCUT2D eigenvalue weighted by atomic mass is 9.77. The molecule has 196 valence electrons. The van der Waals surface area contributed by atoms with Gasteiger partial charge in [-0.15, -0.1) is 0 Å². The number of carbonyl (C=O) groups excluding carboxylic acids is 4. The van der Waals surface area contributed by atoms with Crippen LogP contribution in [0.2, 0.25) is 0 Å². The van der Waals surface area contributed by atoms with Crippen molar-refractivity contribution in [2.75, 3.05) is 19.6 Å². The first kappa shape index (κ1) is 26.2. The van der Waals surface area contributed by atoms with Crippen LogP contribution in [0, 0.1) is 17.8 Å². The van der Waals surface area contributed by atoms with Crippen LogP contribution in [0.25, 0.3) is 0 Å². The Labute approximate surface area is 214 Å². The highest BCUT2D eigenvalue weighted by molar-refractivity contribution is 5.92. The van der Waals surface area contributed by atoms with Crippen LogP contribution < -0.4 is 10.6 Å². The van der Waals surface area contributed by atoms with E-state index in [-0.39, 0.29) is 47.4 Å². The van der Waals surface area contributed by atoms with E-state index >= 15 is 0 Å². The minimum atomic E-state index is -0.681. The number of rotatable bonds is 4. The molecule has 0 aliphatic carbocycles. The summed E-state index contributed by atoms with van der Waals surface area (Å²) in [5, 5.41) is 5.80. The standard InChI is InChI=1S/C28H40N4O4/c1-18(2)27(35)31-15-21-14-22(17-31)24-10-7-11-25(33)30-23(13-12-20-8-5-4-6-9-20)26(34)29-19(3)28(36)32(24)16-21/h4-6,8-9,18-19,21-24H,7,10-17H2,1-3H3,(H,29,34)(H,30,33)/t19-,21+,22-,23+,24+/m1/s1. The van der Waals surface area contributed by atoms with E-state index in [2.05, 4.69) is 10.6 Å². The smallest absolute Gasteiger partial charge is 0.245 e. The number of aryl methyl sites for hydroxylation is 1. The molecule has 5 atom stereocenters. The summed E-state index contributed by atoms with van der Waals surface area (Å²) in [6.07, 6.45) is 3.79. The molecule has 0 radical (unpaired) electrons. The van der Waals surface area contributed by atoms with Gasteiger partial charge in [0.25, 0.3) is 0 Å². The molecule has 0 saturated carbocycles. The summed E-state index contributed by atoms with van der Waals surface area (Å²) in [4.78, 5) is 56.1. The van der Waals surface area contributed by atoms with Crippen molar-refractivity contribution in [3.63, 3.8) is 0 Å². The molecule has 8 nitrogen and oxygen atoms in total. The second-order valence-electron chi connectivity index (χ2n) is 11.1. The Hall–Kier alpha value is -2.90. The van der Waals surface area contributed by atoms with E-state index in [9.17, 15) is 19.2 Å². The van der Waals surface area contributed by atoms with Gasteiger partial charge in [-0.25, -0.2) is 0 Å². The minimum absolute atomic E-state index is 0.0306. The number of piperidine rings is 2. The molecule has 0 spiro atoms. The highest BCUT2D eigenvalue weighted by atomic mass is 16.2. The van der Waals surface area contributed by atoms with Crippen LogP contribution in [0.1, 0.15) is 58.4 Å². The van der Waals surface area contributed by atoms with Crippen molar-refractivity contribution < 1.29 is 19.2 Å². The predicted octanol–water partition coefficient (Wildman–Crippen LogP) is 2.12. The third-order valence-corrected chi connectivity index (χ3v) is 7.91. The highest BCUT2D eigenvalue weighted by Crippen LogP contribution is 2.36. The molecule has 0 aromatic heterocycles. The Morgan fingerprint density at radius 2 is 1.81 bits per heavy atom. The highest BCUT2D eigenvalue weighted by Gasteiger charge is 2.44. The Bertz CT molecular complexity index is 966. The molecule has 3 saturated heterocycles. The number of amides is 4. The van der Waals surface area contributed by atoms with Crippen LogP contribution in [0.5, 0.6) is 0 Å². The van der Waals surface area contributed by atoms with Gasteiger partial charge >= 0.3 is 0 Å². The normalized spacial score (nSPS) is 29.6. The van der Waals surface area contributed by atoms with Crippen LogP contribution in [-0.4, -0.2) is 71.2 Å². The van der Waals surface area contributed by atoms with Gasteiger partial charge in [0, 0.05) is 38.0 Å². The summed E-state index contributed by atoms with van der Waals surface area (Å²) in [6, 6.07) is 8.48. The fourth-order valence-corrected chi connectivity index (χ4v) is 6.10. The second kappa shape index (κ2) is 11.4. The van der Waals surface area contributed by atoms with Crippen molar-refractivity contribution >= 4 is 23.6 Å².